The molecule has 0 aliphatic carbocycles. The Morgan fingerprint density at radius 3 is 2.93 bits per heavy atom. The molecule has 1 unspecified atom stereocenters. The molecule has 1 saturated heterocycles. The summed E-state index contributed by atoms with van der Waals surface area (Å²) in [7, 11) is 1.62. The van der Waals surface area contributed by atoms with Crippen molar-refractivity contribution >= 4 is 18.3 Å². The lowest BCUT2D eigenvalue weighted by atomic mass is 10.2. The van der Waals surface area contributed by atoms with E-state index in [1.807, 2.05) is 0 Å². The zero-order valence-corrected chi connectivity index (χ0v) is 9.96. The van der Waals surface area contributed by atoms with Gasteiger partial charge in [-0.1, -0.05) is 0 Å². The van der Waals surface area contributed by atoms with E-state index in [0.717, 1.165) is 0 Å². The quantitative estimate of drug-likeness (QED) is 0.729. The first-order valence-electron chi connectivity index (χ1n) is 4.80. The molecule has 1 heterocycles. The van der Waals surface area contributed by atoms with E-state index in [1.165, 1.54) is 0 Å². The number of hydrogen-bond donors (Lipinski definition) is 1. The topological polar surface area (TPSA) is 64.8 Å². The molecule has 1 aliphatic rings. The standard InChI is InChI=1S/C9H18N2O3.ClH/c1-7(10)9(12)11-3-4-14-8(5-11)6-13-2;/h7-8H,3-6,10H2,1-2H3;1H/t7-,8?;/m1./s1. The highest BCUT2D eigenvalue weighted by Gasteiger charge is 2.25. The third kappa shape index (κ3) is 4.34. The summed E-state index contributed by atoms with van der Waals surface area (Å²) in [4.78, 5) is 13.3. The number of carbonyl (C=O) groups is 1. The molecule has 0 bridgehead atoms. The van der Waals surface area contributed by atoms with Gasteiger partial charge in [0.15, 0.2) is 0 Å². The zero-order chi connectivity index (χ0) is 10.6. The van der Waals surface area contributed by atoms with E-state index in [1.54, 1.807) is 18.9 Å². The maximum atomic E-state index is 11.6. The molecule has 1 rings (SSSR count). The SMILES string of the molecule is COCC1CN(C(=O)[C@@H](C)N)CCO1.Cl. The molecule has 2 atom stereocenters. The van der Waals surface area contributed by atoms with Crippen molar-refractivity contribution in [2.45, 2.75) is 19.1 Å². The molecule has 1 fully saturated rings. The van der Waals surface area contributed by atoms with Crippen molar-refractivity contribution in [3.8, 4) is 0 Å². The first-order valence-corrected chi connectivity index (χ1v) is 4.80. The van der Waals surface area contributed by atoms with E-state index in [2.05, 4.69) is 0 Å². The van der Waals surface area contributed by atoms with E-state index in [-0.39, 0.29) is 24.4 Å². The molecule has 5 nitrogen and oxygen atoms in total. The van der Waals surface area contributed by atoms with Gasteiger partial charge in [-0.15, -0.1) is 12.4 Å². The number of hydrogen-bond acceptors (Lipinski definition) is 4. The first kappa shape index (κ1) is 14.6. The van der Waals surface area contributed by atoms with Crippen LogP contribution in [0.4, 0.5) is 0 Å². The maximum absolute atomic E-state index is 11.6. The highest BCUT2D eigenvalue weighted by Crippen LogP contribution is 2.06. The number of nitrogens with zero attached hydrogens (tertiary/aromatic N) is 1. The minimum atomic E-state index is -0.434. The number of carbonyl (C=O) groups excluding carboxylic acids is 1. The average Bonchev–Trinajstić information content (AvgIpc) is 2.17. The molecule has 0 spiro atoms. The molecule has 0 saturated carbocycles. The van der Waals surface area contributed by atoms with E-state index < -0.39 is 6.04 Å². The molecule has 0 aromatic carbocycles. The van der Waals surface area contributed by atoms with E-state index >= 15 is 0 Å². The number of halogens is 1. The smallest absolute Gasteiger partial charge is 0.239 e. The van der Waals surface area contributed by atoms with Gasteiger partial charge in [0, 0.05) is 20.2 Å². The first-order chi connectivity index (χ1) is 6.65. The van der Waals surface area contributed by atoms with Gasteiger partial charge in [0.25, 0.3) is 0 Å². The Hall–Kier alpha value is -0.360. The van der Waals surface area contributed by atoms with Crippen molar-refractivity contribution in [2.75, 3.05) is 33.4 Å². The van der Waals surface area contributed by atoms with Gasteiger partial charge in [0.2, 0.25) is 5.91 Å². The molecular formula is C9H19ClN2O3. The molecule has 2 N–H and O–H groups in total. The lowest BCUT2D eigenvalue weighted by Gasteiger charge is -2.33. The highest BCUT2D eigenvalue weighted by atomic mass is 35.5. The van der Waals surface area contributed by atoms with Gasteiger partial charge in [-0.3, -0.25) is 4.79 Å². The lowest BCUT2D eigenvalue weighted by molar-refractivity contribution is -0.141. The van der Waals surface area contributed by atoms with Crippen LogP contribution in [0.25, 0.3) is 0 Å². The van der Waals surface area contributed by atoms with Crippen LogP contribution in [-0.2, 0) is 14.3 Å². The van der Waals surface area contributed by atoms with Crippen LogP contribution in [0, 0.1) is 0 Å². The van der Waals surface area contributed by atoms with Gasteiger partial charge < -0.3 is 20.1 Å². The van der Waals surface area contributed by atoms with Crippen LogP contribution in [0.2, 0.25) is 0 Å². The number of methoxy groups -OCH3 is 1. The molecule has 0 aromatic heterocycles. The minimum Gasteiger partial charge on any atom is -0.382 e. The van der Waals surface area contributed by atoms with E-state index in [9.17, 15) is 4.79 Å². The van der Waals surface area contributed by atoms with Gasteiger partial charge in [-0.05, 0) is 6.92 Å². The van der Waals surface area contributed by atoms with Crippen molar-refractivity contribution in [1.82, 2.24) is 4.90 Å². The Bertz CT molecular complexity index is 200. The van der Waals surface area contributed by atoms with Crippen molar-refractivity contribution in [1.29, 1.82) is 0 Å². The zero-order valence-electron chi connectivity index (χ0n) is 9.14. The van der Waals surface area contributed by atoms with Crippen LogP contribution in [0.5, 0.6) is 0 Å². The predicted molar refractivity (Wildman–Crippen MR) is 59.1 cm³/mol. The Balaban J connectivity index is 0.00000196. The molecule has 90 valence electrons. The van der Waals surface area contributed by atoms with Crippen molar-refractivity contribution < 1.29 is 14.3 Å². The number of nitrogens with two attached hydrogens (primary N) is 1. The third-order valence-corrected chi connectivity index (χ3v) is 2.19. The summed E-state index contributed by atoms with van der Waals surface area (Å²) in [6, 6.07) is -0.434. The summed E-state index contributed by atoms with van der Waals surface area (Å²) in [5.74, 6) is -0.0191. The van der Waals surface area contributed by atoms with Crippen LogP contribution in [-0.4, -0.2) is 56.4 Å². The largest absolute Gasteiger partial charge is 0.382 e. The Labute approximate surface area is 96.3 Å². The molecule has 0 aromatic rings. The van der Waals surface area contributed by atoms with Crippen LogP contribution in [0.3, 0.4) is 0 Å². The Morgan fingerprint density at radius 2 is 2.40 bits per heavy atom. The average molecular weight is 239 g/mol. The minimum absolute atomic E-state index is 0. The fraction of sp³-hybridized carbons (Fsp3) is 0.889. The van der Waals surface area contributed by atoms with E-state index in [4.69, 9.17) is 15.2 Å². The van der Waals surface area contributed by atoms with Crippen LogP contribution < -0.4 is 5.73 Å². The summed E-state index contributed by atoms with van der Waals surface area (Å²) in [6.07, 6.45) is -0.0172. The number of amides is 1. The summed E-state index contributed by atoms with van der Waals surface area (Å²) >= 11 is 0. The predicted octanol–water partition coefficient (Wildman–Crippen LogP) is -0.371. The molecule has 0 radical (unpaired) electrons. The summed E-state index contributed by atoms with van der Waals surface area (Å²) < 4.78 is 10.4. The normalized spacial score (nSPS) is 23.1. The fourth-order valence-electron chi connectivity index (χ4n) is 1.49. The second-order valence-corrected chi connectivity index (χ2v) is 3.52. The second kappa shape index (κ2) is 7.00. The molecule has 6 heteroatoms. The third-order valence-electron chi connectivity index (χ3n) is 2.19. The number of morpholine rings is 1. The molecule has 15 heavy (non-hydrogen) atoms. The number of rotatable bonds is 3. The van der Waals surface area contributed by atoms with Crippen molar-refractivity contribution in [3.63, 3.8) is 0 Å². The Morgan fingerprint density at radius 1 is 1.73 bits per heavy atom. The fourth-order valence-corrected chi connectivity index (χ4v) is 1.49. The Kier molecular flexibility index (Phi) is 6.84. The van der Waals surface area contributed by atoms with Gasteiger partial charge in [0.1, 0.15) is 0 Å². The molecular weight excluding hydrogens is 220 g/mol. The molecule has 1 aliphatic heterocycles. The van der Waals surface area contributed by atoms with Gasteiger partial charge in [0.05, 0.1) is 25.4 Å². The van der Waals surface area contributed by atoms with Crippen molar-refractivity contribution in [2.24, 2.45) is 5.73 Å². The van der Waals surface area contributed by atoms with Crippen molar-refractivity contribution in [3.05, 3.63) is 0 Å². The number of ether oxygens (including phenoxy) is 2. The van der Waals surface area contributed by atoms with Crippen LogP contribution in [0.1, 0.15) is 6.92 Å². The van der Waals surface area contributed by atoms with Crippen LogP contribution >= 0.6 is 12.4 Å². The monoisotopic (exact) mass is 238 g/mol. The highest BCUT2D eigenvalue weighted by molar-refractivity contribution is 5.85. The lowest BCUT2D eigenvalue weighted by Crippen LogP contribution is -2.51. The second-order valence-electron chi connectivity index (χ2n) is 3.52. The summed E-state index contributed by atoms with van der Waals surface area (Å²) in [5, 5.41) is 0. The summed E-state index contributed by atoms with van der Waals surface area (Å²) in [5.41, 5.74) is 5.52. The van der Waals surface area contributed by atoms with Gasteiger partial charge in [-0.2, -0.15) is 0 Å². The summed E-state index contributed by atoms with van der Waals surface area (Å²) in [6.45, 7) is 3.98. The van der Waals surface area contributed by atoms with Crippen LogP contribution in [0.15, 0.2) is 0 Å². The van der Waals surface area contributed by atoms with Gasteiger partial charge >= 0.3 is 0 Å². The maximum Gasteiger partial charge on any atom is 0.239 e. The van der Waals surface area contributed by atoms with E-state index in [0.29, 0.717) is 26.3 Å². The van der Waals surface area contributed by atoms with Gasteiger partial charge in [-0.25, -0.2) is 0 Å². The molecule has 1 amide bonds.